The Kier molecular flexibility index (Phi) is 5.55. The average molecular weight is 461 g/mol. The molecule has 9 heteroatoms. The molecule has 3 aromatic rings. The number of rotatable bonds is 5. The first-order chi connectivity index (χ1) is 14.4. The van der Waals surface area contributed by atoms with E-state index in [0.29, 0.717) is 27.0 Å². The number of ether oxygens (including phenoxy) is 1. The van der Waals surface area contributed by atoms with Crippen molar-refractivity contribution in [1.82, 2.24) is 0 Å². The summed E-state index contributed by atoms with van der Waals surface area (Å²) in [5.74, 6) is -0.0762. The van der Waals surface area contributed by atoms with E-state index in [1.165, 1.54) is 29.0 Å². The Hall–Kier alpha value is -2.81. The molecule has 0 aliphatic carbocycles. The van der Waals surface area contributed by atoms with Gasteiger partial charge in [0.25, 0.3) is 10.0 Å². The second kappa shape index (κ2) is 8.14. The first-order valence-corrected chi connectivity index (χ1v) is 11.6. The number of sulfonamides is 1. The minimum Gasteiger partial charge on any atom is -0.495 e. The maximum Gasteiger partial charge on any atom is 0.270 e. The van der Waals surface area contributed by atoms with Gasteiger partial charge in [0.2, 0.25) is 5.78 Å². The number of carbonyl (C=O) groups excluding carboxylic acids is 1. The molecule has 30 heavy (non-hydrogen) atoms. The number of nitrogens with one attached hydrogen (secondary N) is 1. The number of methoxy groups -OCH3 is 1. The van der Waals surface area contributed by atoms with E-state index in [-0.39, 0.29) is 11.4 Å². The summed E-state index contributed by atoms with van der Waals surface area (Å²) < 4.78 is 33.3. The number of anilines is 2. The fourth-order valence-corrected chi connectivity index (χ4v) is 5.80. The highest BCUT2D eigenvalue weighted by Gasteiger charge is 2.41. The molecule has 4 rings (SSSR count). The van der Waals surface area contributed by atoms with Gasteiger partial charge in [-0.2, -0.15) is 0 Å². The fourth-order valence-electron chi connectivity index (χ4n) is 3.14. The molecular formula is C21H17ClN2O4S2. The summed E-state index contributed by atoms with van der Waals surface area (Å²) >= 11 is 7.25. The minimum absolute atomic E-state index is 0.123. The van der Waals surface area contributed by atoms with Crippen LogP contribution in [0.25, 0.3) is 0 Å². The van der Waals surface area contributed by atoms with E-state index >= 15 is 0 Å². The van der Waals surface area contributed by atoms with Gasteiger partial charge in [-0.15, -0.1) is 11.3 Å². The van der Waals surface area contributed by atoms with Crippen molar-refractivity contribution in [2.24, 2.45) is 0 Å². The first-order valence-electron chi connectivity index (χ1n) is 8.91. The maximum absolute atomic E-state index is 13.4. The number of halogens is 1. The van der Waals surface area contributed by atoms with Crippen molar-refractivity contribution in [2.75, 3.05) is 16.7 Å². The van der Waals surface area contributed by atoms with Crippen LogP contribution in [-0.4, -0.2) is 21.3 Å². The zero-order valence-electron chi connectivity index (χ0n) is 15.8. The Morgan fingerprint density at radius 3 is 2.67 bits per heavy atom. The third-order valence-corrected chi connectivity index (χ3v) is 7.50. The third kappa shape index (κ3) is 3.69. The van der Waals surface area contributed by atoms with Crippen LogP contribution in [0.5, 0.6) is 5.75 Å². The number of benzene rings is 2. The van der Waals surface area contributed by atoms with E-state index in [9.17, 15) is 13.2 Å². The van der Waals surface area contributed by atoms with E-state index < -0.39 is 15.8 Å². The lowest BCUT2D eigenvalue weighted by Gasteiger charge is -2.29. The summed E-state index contributed by atoms with van der Waals surface area (Å²) in [6.45, 7) is 0.123. The number of Topliss-reactive ketones (excluding diaryl/α,β-unsaturated/α-hetero) is 1. The molecule has 0 saturated heterocycles. The van der Waals surface area contributed by atoms with Crippen LogP contribution in [0.3, 0.4) is 0 Å². The lowest BCUT2D eigenvalue weighted by molar-refractivity contribution is 0.104. The number of nitrogens with zero attached hydrogens (tertiary/aromatic N) is 1. The molecule has 1 aliphatic rings. The van der Waals surface area contributed by atoms with E-state index in [2.05, 4.69) is 5.32 Å². The van der Waals surface area contributed by atoms with E-state index in [1.54, 1.807) is 29.6 Å². The zero-order valence-corrected chi connectivity index (χ0v) is 18.2. The average Bonchev–Trinajstić information content (AvgIpc) is 3.21. The summed E-state index contributed by atoms with van der Waals surface area (Å²) in [4.78, 5) is 13.0. The Morgan fingerprint density at radius 2 is 1.93 bits per heavy atom. The van der Waals surface area contributed by atoms with E-state index in [1.807, 2.05) is 30.3 Å². The van der Waals surface area contributed by atoms with Gasteiger partial charge in [0.05, 0.1) is 25.0 Å². The van der Waals surface area contributed by atoms with Crippen LogP contribution in [0.4, 0.5) is 11.4 Å². The summed E-state index contributed by atoms with van der Waals surface area (Å²) in [5.41, 5.74) is 1.66. The highest BCUT2D eigenvalue weighted by Crippen LogP contribution is 2.39. The van der Waals surface area contributed by atoms with Crippen molar-refractivity contribution < 1.29 is 17.9 Å². The van der Waals surface area contributed by atoms with Gasteiger partial charge in [-0.3, -0.25) is 9.10 Å². The third-order valence-electron chi connectivity index (χ3n) is 4.60. The second-order valence-corrected chi connectivity index (χ2v) is 9.64. The minimum atomic E-state index is -4.08. The molecule has 0 spiro atoms. The zero-order chi connectivity index (χ0) is 21.3. The van der Waals surface area contributed by atoms with E-state index in [0.717, 1.165) is 5.56 Å². The number of thiophene rings is 1. The molecule has 0 unspecified atom stereocenters. The van der Waals surface area contributed by atoms with Crippen molar-refractivity contribution in [3.05, 3.63) is 86.5 Å². The maximum atomic E-state index is 13.4. The highest BCUT2D eigenvalue weighted by atomic mass is 35.5. The van der Waals surface area contributed by atoms with Crippen molar-refractivity contribution >= 4 is 50.1 Å². The van der Waals surface area contributed by atoms with Crippen LogP contribution in [0.15, 0.2) is 71.1 Å². The molecule has 1 aromatic heterocycles. The molecular weight excluding hydrogens is 444 g/mol. The number of carbonyl (C=O) groups is 1. The first kappa shape index (κ1) is 20.5. The van der Waals surface area contributed by atoms with Gasteiger partial charge >= 0.3 is 0 Å². The smallest absolute Gasteiger partial charge is 0.270 e. The van der Waals surface area contributed by atoms with Gasteiger partial charge in [0.15, 0.2) is 4.91 Å². The van der Waals surface area contributed by atoms with Crippen LogP contribution in [-0.2, 0) is 16.6 Å². The Balaban J connectivity index is 1.76. The van der Waals surface area contributed by atoms with Gasteiger partial charge in [-0.05, 0) is 35.2 Å². The molecule has 0 fully saturated rings. The molecule has 1 aliphatic heterocycles. The van der Waals surface area contributed by atoms with Crippen LogP contribution < -0.4 is 14.4 Å². The molecule has 1 N–H and O–H groups in total. The van der Waals surface area contributed by atoms with Crippen LogP contribution in [0, 0.1) is 0 Å². The summed E-state index contributed by atoms with van der Waals surface area (Å²) in [6.07, 6.45) is 1.20. The summed E-state index contributed by atoms with van der Waals surface area (Å²) in [7, 11) is -2.59. The number of hydrogen-bond donors (Lipinski definition) is 1. The number of allylic oxidation sites excluding steroid dienone is 1. The Labute approximate surface area is 183 Å². The fraction of sp³-hybridized carbons (Fsp3) is 0.0952. The SMILES string of the molecule is COc1ccc(Cl)cc1NC=C1C(=O)c2sccc2N(Cc2ccccc2)S1(=O)=O. The second-order valence-electron chi connectivity index (χ2n) is 6.46. The predicted octanol–water partition coefficient (Wildman–Crippen LogP) is 4.90. The van der Waals surface area contributed by atoms with Crippen molar-refractivity contribution in [3.8, 4) is 5.75 Å². The predicted molar refractivity (Wildman–Crippen MR) is 120 cm³/mol. The van der Waals surface area contributed by atoms with Gasteiger partial charge in [0, 0.05) is 11.2 Å². The number of fused-ring (bicyclic) bond motifs is 1. The lowest BCUT2D eigenvalue weighted by atomic mass is 10.2. The van der Waals surface area contributed by atoms with Gasteiger partial charge < -0.3 is 10.1 Å². The van der Waals surface area contributed by atoms with Crippen LogP contribution >= 0.6 is 22.9 Å². The molecule has 0 saturated carbocycles. The standard InChI is InChI=1S/C21H17ClN2O4S2/c1-28-18-8-7-15(22)11-16(18)23-12-19-20(25)21-17(9-10-29-21)24(30(19,26)27)13-14-5-3-2-4-6-14/h2-12,23H,13H2,1H3. The Bertz CT molecular complexity index is 1240. The molecule has 0 atom stereocenters. The molecule has 0 amide bonds. The molecule has 6 nitrogen and oxygen atoms in total. The normalized spacial score (nSPS) is 16.4. The molecule has 0 bridgehead atoms. The topological polar surface area (TPSA) is 75.7 Å². The quantitative estimate of drug-likeness (QED) is 0.548. The van der Waals surface area contributed by atoms with Crippen molar-refractivity contribution in [1.29, 1.82) is 0 Å². The lowest BCUT2D eigenvalue weighted by Crippen LogP contribution is -2.38. The van der Waals surface area contributed by atoms with Gasteiger partial charge in [-0.1, -0.05) is 41.9 Å². The van der Waals surface area contributed by atoms with E-state index in [4.69, 9.17) is 16.3 Å². The van der Waals surface area contributed by atoms with Gasteiger partial charge in [-0.25, -0.2) is 8.42 Å². The Morgan fingerprint density at radius 1 is 1.17 bits per heavy atom. The monoisotopic (exact) mass is 460 g/mol. The molecule has 2 aromatic carbocycles. The summed E-state index contributed by atoms with van der Waals surface area (Å²) in [5, 5.41) is 5.03. The number of ketones is 1. The molecule has 0 radical (unpaired) electrons. The highest BCUT2D eigenvalue weighted by molar-refractivity contribution is 7.97. The number of hydrogen-bond acceptors (Lipinski definition) is 6. The van der Waals surface area contributed by atoms with Crippen LogP contribution in [0.2, 0.25) is 5.02 Å². The van der Waals surface area contributed by atoms with Gasteiger partial charge in [0.1, 0.15) is 10.6 Å². The molecule has 2 heterocycles. The van der Waals surface area contributed by atoms with Crippen molar-refractivity contribution in [2.45, 2.75) is 6.54 Å². The molecule has 154 valence electrons. The largest absolute Gasteiger partial charge is 0.495 e. The van der Waals surface area contributed by atoms with Crippen LogP contribution in [0.1, 0.15) is 15.2 Å². The summed E-state index contributed by atoms with van der Waals surface area (Å²) in [6, 6.07) is 15.8. The van der Waals surface area contributed by atoms with Crippen molar-refractivity contribution in [3.63, 3.8) is 0 Å².